The van der Waals surface area contributed by atoms with E-state index in [0.29, 0.717) is 0 Å². The van der Waals surface area contributed by atoms with E-state index in [2.05, 4.69) is 24.5 Å². The molecular formula is C13H23NO4P+. The highest BCUT2D eigenvalue weighted by molar-refractivity contribution is 7.63. The zero-order valence-corrected chi connectivity index (χ0v) is 12.6. The van der Waals surface area contributed by atoms with E-state index >= 15 is 0 Å². The fraction of sp³-hybridized carbons (Fsp3) is 0.462. The molecule has 1 unspecified atom stereocenters. The third-order valence-electron chi connectivity index (χ3n) is 1.59. The Morgan fingerprint density at radius 1 is 1.53 bits per heavy atom. The number of carbonyl (C=O) groups is 1. The zero-order valence-electron chi connectivity index (χ0n) is 11.7. The minimum atomic E-state index is -2.84. The summed E-state index contributed by atoms with van der Waals surface area (Å²) in [7, 11) is -2.84. The highest BCUT2D eigenvalue weighted by atomic mass is 31.2. The molecule has 0 aromatic heterocycles. The molecule has 0 fully saturated rings. The Bertz CT molecular complexity index is 315. The van der Waals surface area contributed by atoms with Crippen LogP contribution in [0, 0.1) is 12.8 Å². The molecule has 0 saturated carbocycles. The van der Waals surface area contributed by atoms with Crippen molar-refractivity contribution < 1.29 is 18.9 Å². The summed E-state index contributed by atoms with van der Waals surface area (Å²) in [6.45, 7) is 8.74. The van der Waals surface area contributed by atoms with Gasteiger partial charge in [-0.05, 0) is 32.9 Å². The first-order valence-corrected chi connectivity index (χ1v) is 7.57. The Hall–Kier alpha value is -1.34. The van der Waals surface area contributed by atoms with Crippen LogP contribution < -0.4 is 5.09 Å². The average Bonchev–Trinajstić information content (AvgIpc) is 2.36. The lowest BCUT2D eigenvalue weighted by molar-refractivity contribution is -0.145. The van der Waals surface area contributed by atoms with E-state index in [1.54, 1.807) is 26.8 Å². The van der Waals surface area contributed by atoms with Crippen molar-refractivity contribution in [1.82, 2.24) is 5.09 Å². The lowest BCUT2D eigenvalue weighted by atomic mass is 10.5. The minimum Gasteiger partial charge on any atom is -0.462 e. The van der Waals surface area contributed by atoms with Gasteiger partial charge < -0.3 is 9.26 Å². The quantitative estimate of drug-likeness (QED) is 0.236. The van der Waals surface area contributed by atoms with Crippen molar-refractivity contribution in [3.05, 3.63) is 25.0 Å². The summed E-state index contributed by atoms with van der Waals surface area (Å²) in [6, 6.07) is 0. The maximum absolute atomic E-state index is 11.3. The van der Waals surface area contributed by atoms with Gasteiger partial charge in [0.05, 0.1) is 6.10 Å². The van der Waals surface area contributed by atoms with Crippen LogP contribution in [0.2, 0.25) is 0 Å². The SMILES string of the molecule is C#C.C=CC[P+](O)(NCC(=O)OC(C)C)O/C=C/C. The highest BCUT2D eigenvalue weighted by Gasteiger charge is 2.37. The monoisotopic (exact) mass is 288 g/mol. The molecule has 0 aromatic carbocycles. The molecule has 0 spiro atoms. The van der Waals surface area contributed by atoms with Gasteiger partial charge in [-0.2, -0.15) is 4.89 Å². The van der Waals surface area contributed by atoms with E-state index in [-0.39, 0.29) is 18.8 Å². The molecule has 0 aromatic rings. The molecule has 1 atom stereocenters. The molecule has 0 aliphatic carbocycles. The smallest absolute Gasteiger partial charge is 0.394 e. The Labute approximate surface area is 116 Å². The number of allylic oxidation sites excluding steroid dienone is 2. The highest BCUT2D eigenvalue weighted by Crippen LogP contribution is 2.51. The van der Waals surface area contributed by atoms with Gasteiger partial charge in [0.1, 0.15) is 12.8 Å². The molecule has 0 rings (SSSR count). The number of terminal acetylenes is 1. The second-order valence-corrected chi connectivity index (χ2v) is 5.92. The van der Waals surface area contributed by atoms with Crippen LogP contribution in [0.15, 0.2) is 25.0 Å². The zero-order chi connectivity index (χ0) is 15.3. The molecule has 108 valence electrons. The topological polar surface area (TPSA) is 67.8 Å². The summed E-state index contributed by atoms with van der Waals surface area (Å²) < 4.78 is 10.1. The molecular weight excluding hydrogens is 265 g/mol. The normalized spacial score (nSPS) is 13.2. The first-order chi connectivity index (χ1) is 8.93. The Kier molecular flexibility index (Phi) is 12.3. The Morgan fingerprint density at radius 2 is 2.11 bits per heavy atom. The van der Waals surface area contributed by atoms with Gasteiger partial charge in [0, 0.05) is 0 Å². The number of esters is 1. The lowest BCUT2D eigenvalue weighted by Gasteiger charge is -2.16. The van der Waals surface area contributed by atoms with Gasteiger partial charge in [-0.15, -0.1) is 17.9 Å². The molecule has 2 N–H and O–H groups in total. The van der Waals surface area contributed by atoms with Crippen LogP contribution in [-0.4, -0.2) is 29.7 Å². The summed E-state index contributed by atoms with van der Waals surface area (Å²) in [5, 5.41) is 2.68. The van der Waals surface area contributed by atoms with Crippen molar-refractivity contribution >= 4 is 13.8 Å². The molecule has 0 aliphatic heterocycles. The maximum atomic E-state index is 11.3. The molecule has 0 aliphatic rings. The van der Waals surface area contributed by atoms with Crippen molar-refractivity contribution in [3.8, 4) is 12.8 Å². The molecule has 19 heavy (non-hydrogen) atoms. The molecule has 6 heteroatoms. The van der Waals surface area contributed by atoms with Crippen LogP contribution in [0.3, 0.4) is 0 Å². The Morgan fingerprint density at radius 3 is 2.53 bits per heavy atom. The summed E-state index contributed by atoms with van der Waals surface area (Å²) in [5.74, 6) is -0.424. The first kappa shape index (κ1) is 20.0. The van der Waals surface area contributed by atoms with E-state index in [1.807, 2.05) is 0 Å². The van der Waals surface area contributed by atoms with Gasteiger partial charge >= 0.3 is 13.8 Å². The summed E-state index contributed by atoms with van der Waals surface area (Å²) in [4.78, 5) is 21.4. The fourth-order valence-corrected chi connectivity index (χ4v) is 2.31. The van der Waals surface area contributed by atoms with Crippen molar-refractivity contribution in [3.63, 3.8) is 0 Å². The van der Waals surface area contributed by atoms with Crippen molar-refractivity contribution in [2.24, 2.45) is 0 Å². The molecule has 5 nitrogen and oxygen atoms in total. The number of ether oxygens (including phenoxy) is 1. The molecule has 0 amide bonds. The summed E-state index contributed by atoms with van der Waals surface area (Å²) in [6.07, 6.45) is 12.7. The number of hydrogen-bond donors (Lipinski definition) is 2. The van der Waals surface area contributed by atoms with Crippen LogP contribution in [0.4, 0.5) is 0 Å². The van der Waals surface area contributed by atoms with Crippen molar-refractivity contribution in [1.29, 1.82) is 0 Å². The predicted molar refractivity (Wildman–Crippen MR) is 79.2 cm³/mol. The van der Waals surface area contributed by atoms with Gasteiger partial charge in [-0.25, -0.2) is 0 Å². The van der Waals surface area contributed by atoms with E-state index in [4.69, 9.17) is 9.26 Å². The van der Waals surface area contributed by atoms with Gasteiger partial charge in [0.25, 0.3) is 0 Å². The van der Waals surface area contributed by atoms with Crippen LogP contribution in [0.5, 0.6) is 0 Å². The van der Waals surface area contributed by atoms with Crippen LogP contribution >= 0.6 is 7.87 Å². The fourth-order valence-electron chi connectivity index (χ4n) is 0.974. The lowest BCUT2D eigenvalue weighted by Crippen LogP contribution is -2.28. The molecule has 0 saturated heterocycles. The third kappa shape index (κ3) is 11.5. The molecule has 0 bridgehead atoms. The van der Waals surface area contributed by atoms with Gasteiger partial charge in [-0.1, -0.05) is 6.58 Å². The minimum absolute atomic E-state index is 0.0894. The first-order valence-electron chi connectivity index (χ1n) is 5.72. The van der Waals surface area contributed by atoms with Gasteiger partial charge in [0.2, 0.25) is 0 Å². The summed E-state index contributed by atoms with van der Waals surface area (Å²) >= 11 is 0. The van der Waals surface area contributed by atoms with Gasteiger partial charge in [-0.3, -0.25) is 4.79 Å². The number of rotatable bonds is 8. The standard InChI is InChI=1S/C11H21NO4P.C2H2/c1-5-7-15-17(14,8-6-2)12-9-11(13)16-10(3)4;1-2/h5-7,10,12,14H,2,8-9H2,1,3-4H3;1-2H/q+1;/b7-5+;. The molecule has 0 radical (unpaired) electrons. The second kappa shape index (κ2) is 11.7. The predicted octanol–water partition coefficient (Wildman–Crippen LogP) is 2.27. The van der Waals surface area contributed by atoms with Crippen molar-refractivity contribution in [2.75, 3.05) is 12.7 Å². The van der Waals surface area contributed by atoms with Crippen LogP contribution in [0.25, 0.3) is 0 Å². The Balaban J connectivity index is 0. The summed E-state index contributed by atoms with van der Waals surface area (Å²) in [5.41, 5.74) is 0. The van der Waals surface area contributed by atoms with Gasteiger partial charge in [0.15, 0.2) is 6.16 Å². The second-order valence-electron chi connectivity index (χ2n) is 3.62. The molecule has 0 heterocycles. The average molecular weight is 288 g/mol. The van der Waals surface area contributed by atoms with Crippen LogP contribution in [-0.2, 0) is 14.1 Å². The number of hydrogen-bond acceptors (Lipinski definition) is 5. The number of carbonyl (C=O) groups excluding carboxylic acids is 1. The van der Waals surface area contributed by atoms with E-state index in [1.165, 1.54) is 12.3 Å². The number of nitrogens with one attached hydrogen (secondary N) is 1. The van der Waals surface area contributed by atoms with E-state index < -0.39 is 13.8 Å². The van der Waals surface area contributed by atoms with E-state index in [0.717, 1.165) is 0 Å². The van der Waals surface area contributed by atoms with Crippen LogP contribution in [0.1, 0.15) is 20.8 Å². The largest absolute Gasteiger partial charge is 0.462 e. The van der Waals surface area contributed by atoms with E-state index in [9.17, 15) is 9.69 Å². The maximum Gasteiger partial charge on any atom is 0.394 e. The third-order valence-corrected chi connectivity index (χ3v) is 3.46. The van der Waals surface area contributed by atoms with Crippen molar-refractivity contribution in [2.45, 2.75) is 26.9 Å².